The van der Waals surface area contributed by atoms with Crippen molar-refractivity contribution < 1.29 is 8.78 Å². The number of pyridine rings is 2. The first kappa shape index (κ1) is 10.7. The van der Waals surface area contributed by atoms with Gasteiger partial charge in [-0.3, -0.25) is 4.98 Å². The maximum atomic E-state index is 12.9. The second kappa shape index (κ2) is 3.26. The molecule has 17 heavy (non-hydrogen) atoms. The Morgan fingerprint density at radius 3 is 2.76 bits per heavy atom. The maximum Gasteiger partial charge on any atom is 0.255 e. The maximum absolute atomic E-state index is 12.9. The second-order valence-corrected chi connectivity index (χ2v) is 4.58. The zero-order valence-electron chi connectivity index (χ0n) is 8.62. The van der Waals surface area contributed by atoms with Crippen molar-refractivity contribution in [2.75, 3.05) is 5.73 Å². The molecule has 0 radical (unpaired) electrons. The molecule has 6 heteroatoms. The van der Waals surface area contributed by atoms with E-state index in [0.717, 1.165) is 0 Å². The van der Waals surface area contributed by atoms with Gasteiger partial charge in [0.1, 0.15) is 10.7 Å². The number of fused-ring (bicyclic) bond motifs is 1. The lowest BCUT2D eigenvalue weighted by molar-refractivity contribution is 0.112. The molecule has 2 aromatic rings. The quantitative estimate of drug-likeness (QED) is 0.797. The van der Waals surface area contributed by atoms with Gasteiger partial charge in [-0.25, -0.2) is 13.8 Å². The van der Waals surface area contributed by atoms with Gasteiger partial charge < -0.3 is 5.73 Å². The van der Waals surface area contributed by atoms with Crippen LogP contribution in [0.4, 0.5) is 14.5 Å². The minimum atomic E-state index is -2.61. The predicted molar refractivity (Wildman–Crippen MR) is 61.3 cm³/mol. The molecule has 1 unspecified atom stereocenters. The number of nitrogens with two attached hydrogens (primary N) is 1. The van der Waals surface area contributed by atoms with Crippen LogP contribution in [0.15, 0.2) is 18.3 Å². The molecule has 3 nitrogen and oxygen atoms in total. The fourth-order valence-corrected chi connectivity index (χ4v) is 2.09. The molecule has 2 aromatic heterocycles. The van der Waals surface area contributed by atoms with Crippen LogP contribution in [0.3, 0.4) is 0 Å². The average Bonchev–Trinajstić information content (AvgIpc) is 2.86. The Balaban J connectivity index is 2.13. The summed E-state index contributed by atoms with van der Waals surface area (Å²) < 4.78 is 25.9. The normalized spacial score (nSPS) is 21.7. The first-order valence-corrected chi connectivity index (χ1v) is 5.45. The molecular formula is C11H8ClF2N3. The summed E-state index contributed by atoms with van der Waals surface area (Å²) in [5, 5.41) is 0.233. The van der Waals surface area contributed by atoms with Crippen molar-refractivity contribution in [3.05, 3.63) is 29.0 Å². The SMILES string of the molecule is Nc1cc(Cl)nc2cc(C3CC3(F)F)cnc12. The van der Waals surface area contributed by atoms with Gasteiger partial charge in [-0.05, 0) is 11.6 Å². The average molecular weight is 256 g/mol. The molecule has 0 aliphatic heterocycles. The van der Waals surface area contributed by atoms with Gasteiger partial charge in [-0.2, -0.15) is 0 Å². The van der Waals surface area contributed by atoms with E-state index in [4.69, 9.17) is 17.3 Å². The highest BCUT2D eigenvalue weighted by atomic mass is 35.5. The van der Waals surface area contributed by atoms with Gasteiger partial charge in [0.15, 0.2) is 0 Å². The summed E-state index contributed by atoms with van der Waals surface area (Å²) in [5.74, 6) is -3.36. The predicted octanol–water partition coefficient (Wildman–Crippen LogP) is 2.99. The monoisotopic (exact) mass is 255 g/mol. The number of halogens is 3. The van der Waals surface area contributed by atoms with Gasteiger partial charge in [0.25, 0.3) is 5.92 Å². The first-order chi connectivity index (χ1) is 7.97. The molecule has 1 saturated carbocycles. The standard InChI is InChI=1S/C11H8ClF2N3/c12-9-2-7(15)10-8(17-9)1-5(4-16-10)6-3-11(6,13)14/h1-2,4,6H,3H2,(H2,15,17). The molecule has 1 fully saturated rings. The van der Waals surface area contributed by atoms with Crippen LogP contribution in [0.1, 0.15) is 17.9 Å². The lowest BCUT2D eigenvalue weighted by atomic mass is 10.1. The molecule has 1 atom stereocenters. The molecule has 0 aromatic carbocycles. The number of anilines is 1. The van der Waals surface area contributed by atoms with E-state index < -0.39 is 11.8 Å². The minimum absolute atomic E-state index is 0.129. The van der Waals surface area contributed by atoms with Crippen LogP contribution < -0.4 is 5.73 Å². The molecule has 3 rings (SSSR count). The van der Waals surface area contributed by atoms with Crippen LogP contribution in [-0.2, 0) is 0 Å². The Morgan fingerprint density at radius 2 is 2.12 bits per heavy atom. The molecule has 0 bridgehead atoms. The van der Waals surface area contributed by atoms with E-state index >= 15 is 0 Å². The van der Waals surface area contributed by atoms with Crippen molar-refractivity contribution in [3.63, 3.8) is 0 Å². The molecule has 1 aliphatic rings. The van der Waals surface area contributed by atoms with E-state index in [-0.39, 0.29) is 11.6 Å². The van der Waals surface area contributed by atoms with Gasteiger partial charge in [-0.15, -0.1) is 0 Å². The summed E-state index contributed by atoms with van der Waals surface area (Å²) in [6.07, 6.45) is 1.30. The van der Waals surface area contributed by atoms with E-state index in [1.54, 1.807) is 6.07 Å². The number of alkyl halides is 2. The van der Waals surface area contributed by atoms with E-state index in [2.05, 4.69) is 9.97 Å². The van der Waals surface area contributed by atoms with E-state index in [0.29, 0.717) is 22.3 Å². The number of rotatable bonds is 1. The molecular weight excluding hydrogens is 248 g/mol. The zero-order chi connectivity index (χ0) is 12.2. The van der Waals surface area contributed by atoms with Crippen molar-refractivity contribution >= 4 is 28.3 Å². The number of nitrogens with zero attached hydrogens (tertiary/aromatic N) is 2. The van der Waals surface area contributed by atoms with Crippen molar-refractivity contribution in [2.24, 2.45) is 0 Å². The van der Waals surface area contributed by atoms with Crippen molar-refractivity contribution in [3.8, 4) is 0 Å². The topological polar surface area (TPSA) is 51.8 Å². The van der Waals surface area contributed by atoms with Crippen molar-refractivity contribution in [2.45, 2.75) is 18.3 Å². The summed E-state index contributed by atoms with van der Waals surface area (Å²) in [5.41, 5.74) is 7.54. The molecule has 1 aliphatic carbocycles. The highest BCUT2D eigenvalue weighted by Crippen LogP contribution is 2.55. The fraction of sp³-hybridized carbons (Fsp3) is 0.273. The summed E-state index contributed by atoms with van der Waals surface area (Å²) >= 11 is 5.76. The van der Waals surface area contributed by atoms with Gasteiger partial charge in [-0.1, -0.05) is 11.6 Å². The molecule has 2 heterocycles. The first-order valence-electron chi connectivity index (χ1n) is 5.07. The molecule has 0 spiro atoms. The van der Waals surface area contributed by atoms with Crippen LogP contribution in [0, 0.1) is 0 Å². The largest absolute Gasteiger partial charge is 0.397 e. The van der Waals surface area contributed by atoms with Crippen LogP contribution in [0.25, 0.3) is 11.0 Å². The highest BCUT2D eigenvalue weighted by molar-refractivity contribution is 6.30. The zero-order valence-corrected chi connectivity index (χ0v) is 9.38. The van der Waals surface area contributed by atoms with Crippen LogP contribution >= 0.6 is 11.6 Å². The minimum Gasteiger partial charge on any atom is -0.397 e. The molecule has 0 saturated heterocycles. The number of hydrogen-bond acceptors (Lipinski definition) is 3. The second-order valence-electron chi connectivity index (χ2n) is 4.19. The smallest absolute Gasteiger partial charge is 0.255 e. The van der Waals surface area contributed by atoms with Gasteiger partial charge in [0.2, 0.25) is 0 Å². The number of nitrogen functional groups attached to an aromatic ring is 1. The van der Waals surface area contributed by atoms with E-state index in [1.807, 2.05) is 0 Å². The molecule has 2 N–H and O–H groups in total. The number of hydrogen-bond donors (Lipinski definition) is 1. The summed E-state index contributed by atoms with van der Waals surface area (Å²) in [4.78, 5) is 8.10. The Hall–Kier alpha value is -1.49. The highest BCUT2D eigenvalue weighted by Gasteiger charge is 2.57. The van der Waals surface area contributed by atoms with E-state index in [9.17, 15) is 8.78 Å². The third-order valence-corrected chi connectivity index (χ3v) is 3.09. The van der Waals surface area contributed by atoms with Gasteiger partial charge in [0.05, 0.1) is 17.1 Å². The van der Waals surface area contributed by atoms with Crippen LogP contribution in [-0.4, -0.2) is 15.9 Å². The lowest BCUT2D eigenvalue weighted by Crippen LogP contribution is -1.97. The lowest BCUT2D eigenvalue weighted by Gasteiger charge is -2.04. The summed E-state index contributed by atoms with van der Waals surface area (Å²) in [6, 6.07) is 3.07. The Labute approximate surface area is 101 Å². The van der Waals surface area contributed by atoms with Crippen molar-refractivity contribution in [1.82, 2.24) is 9.97 Å². The molecule has 0 amide bonds. The van der Waals surface area contributed by atoms with Crippen LogP contribution in [0.2, 0.25) is 5.15 Å². The fourth-order valence-electron chi connectivity index (χ4n) is 1.89. The van der Waals surface area contributed by atoms with Crippen LogP contribution in [0.5, 0.6) is 0 Å². The van der Waals surface area contributed by atoms with E-state index in [1.165, 1.54) is 12.3 Å². The summed E-state index contributed by atoms with van der Waals surface area (Å²) in [7, 11) is 0. The van der Waals surface area contributed by atoms with Crippen molar-refractivity contribution in [1.29, 1.82) is 0 Å². The van der Waals surface area contributed by atoms with Gasteiger partial charge >= 0.3 is 0 Å². The Bertz CT molecular complexity index is 615. The Morgan fingerprint density at radius 1 is 1.41 bits per heavy atom. The third-order valence-electron chi connectivity index (χ3n) is 2.89. The molecule has 88 valence electrons. The third kappa shape index (κ3) is 1.70. The van der Waals surface area contributed by atoms with Gasteiger partial charge in [0, 0.05) is 18.7 Å². The number of aromatic nitrogens is 2. The Kier molecular flexibility index (Phi) is 2.04. The summed E-state index contributed by atoms with van der Waals surface area (Å²) in [6.45, 7) is 0.